The second kappa shape index (κ2) is 4.99. The quantitative estimate of drug-likeness (QED) is 0.491. The summed E-state index contributed by atoms with van der Waals surface area (Å²) in [7, 11) is 2.09. The highest BCUT2D eigenvalue weighted by molar-refractivity contribution is 6.19. The van der Waals surface area contributed by atoms with Crippen LogP contribution in [0.2, 0.25) is 0 Å². The van der Waals surface area contributed by atoms with Crippen molar-refractivity contribution in [1.82, 2.24) is 9.88 Å². The van der Waals surface area contributed by atoms with Gasteiger partial charge in [-0.25, -0.2) is 4.98 Å². The van der Waals surface area contributed by atoms with E-state index in [9.17, 15) is 0 Å². The highest BCUT2D eigenvalue weighted by atomic mass is 16.3. The molecule has 124 valence electrons. The van der Waals surface area contributed by atoms with Crippen LogP contribution in [-0.2, 0) is 0 Å². The molecule has 0 bridgehead atoms. The summed E-state index contributed by atoms with van der Waals surface area (Å²) in [5.41, 5.74) is 3.92. The van der Waals surface area contributed by atoms with Crippen LogP contribution in [0.25, 0.3) is 32.8 Å². The van der Waals surface area contributed by atoms with Crippen LogP contribution in [0.3, 0.4) is 0 Å². The van der Waals surface area contributed by atoms with Gasteiger partial charge < -0.3 is 14.2 Å². The van der Waals surface area contributed by atoms with Crippen molar-refractivity contribution in [1.29, 1.82) is 0 Å². The van der Waals surface area contributed by atoms with Gasteiger partial charge in [0, 0.05) is 36.4 Å². The van der Waals surface area contributed by atoms with E-state index < -0.39 is 0 Å². The lowest BCUT2D eigenvalue weighted by Crippen LogP contribution is -2.33. The molecular weight excluding hydrogens is 310 g/mol. The molecule has 3 heterocycles. The Balaban J connectivity index is 1.89. The highest BCUT2D eigenvalue weighted by Crippen LogP contribution is 2.41. The molecule has 0 radical (unpaired) electrons. The first-order valence-electron chi connectivity index (χ1n) is 8.53. The van der Waals surface area contributed by atoms with Gasteiger partial charge in [0.2, 0.25) is 5.71 Å². The van der Waals surface area contributed by atoms with E-state index in [1.807, 2.05) is 12.3 Å². The minimum absolute atomic E-state index is 0.252. The zero-order valence-corrected chi connectivity index (χ0v) is 14.5. The zero-order valence-electron chi connectivity index (χ0n) is 14.5. The van der Waals surface area contributed by atoms with Gasteiger partial charge >= 0.3 is 0 Å². The largest absolute Gasteiger partial charge is 0.435 e. The summed E-state index contributed by atoms with van der Waals surface area (Å²) in [5, 5.41) is 4.53. The lowest BCUT2D eigenvalue weighted by atomic mass is 10.0. The lowest BCUT2D eigenvalue weighted by molar-refractivity contribution is 0.383. The van der Waals surface area contributed by atoms with Gasteiger partial charge in [0.15, 0.2) is 5.58 Å². The van der Waals surface area contributed by atoms with Crippen molar-refractivity contribution in [3.05, 3.63) is 60.6 Å². The number of hydrogen-bond acceptors (Lipinski definition) is 4. The fourth-order valence-electron chi connectivity index (χ4n) is 3.75. The molecule has 0 saturated carbocycles. The summed E-state index contributed by atoms with van der Waals surface area (Å²) in [6.45, 7) is 4.32. The van der Waals surface area contributed by atoms with Gasteiger partial charge in [-0.1, -0.05) is 30.3 Å². The lowest BCUT2D eigenvalue weighted by Gasteiger charge is -2.28. The fourth-order valence-corrected chi connectivity index (χ4v) is 3.75. The molecule has 0 spiro atoms. The van der Waals surface area contributed by atoms with Crippen LogP contribution in [-0.4, -0.2) is 23.1 Å². The molecule has 25 heavy (non-hydrogen) atoms. The molecule has 0 fully saturated rings. The van der Waals surface area contributed by atoms with Crippen LogP contribution in [0.4, 0.5) is 5.69 Å². The van der Waals surface area contributed by atoms with Gasteiger partial charge in [-0.15, -0.1) is 0 Å². The summed E-state index contributed by atoms with van der Waals surface area (Å²) in [4.78, 5) is 9.02. The minimum Gasteiger partial charge on any atom is -0.435 e. The number of anilines is 1. The van der Waals surface area contributed by atoms with E-state index in [4.69, 9.17) is 4.42 Å². The Labute approximate surface area is 146 Å². The van der Waals surface area contributed by atoms with Crippen LogP contribution >= 0.6 is 0 Å². The van der Waals surface area contributed by atoms with E-state index in [-0.39, 0.29) is 6.17 Å². The number of benzene rings is 2. The second-order valence-corrected chi connectivity index (χ2v) is 6.74. The Kier molecular flexibility index (Phi) is 2.86. The smallest absolute Gasteiger partial charge is 0.228 e. The zero-order chi connectivity index (χ0) is 17.1. The summed E-state index contributed by atoms with van der Waals surface area (Å²) >= 11 is 0. The molecule has 1 aliphatic heterocycles. The maximum absolute atomic E-state index is 6.26. The topological polar surface area (TPSA) is 32.5 Å². The monoisotopic (exact) mass is 329 g/mol. The summed E-state index contributed by atoms with van der Waals surface area (Å²) in [5.74, 6) is 0. The standard InChI is InChI=1S/C21H19N3O/c1-13-8-9-17-18-16-7-5-4-6-15(16)12-22-21(18)25-20(17)19(13)24-11-10-23(3)14(24)2/h4-12,14H,1-3H3/t14-/m0/s1. The van der Waals surface area contributed by atoms with E-state index in [0.29, 0.717) is 5.71 Å². The fraction of sp³-hybridized carbons (Fsp3) is 0.190. The van der Waals surface area contributed by atoms with Gasteiger partial charge in [-0.2, -0.15) is 0 Å². The SMILES string of the molecule is Cc1ccc2c(oc3ncc4ccccc4c32)c1N1C=CN(C)[C@@H]1C. The highest BCUT2D eigenvalue weighted by Gasteiger charge is 2.26. The first-order valence-corrected chi connectivity index (χ1v) is 8.53. The molecule has 1 atom stereocenters. The third-order valence-electron chi connectivity index (χ3n) is 5.28. The molecule has 4 aromatic rings. The maximum atomic E-state index is 6.26. The van der Waals surface area contributed by atoms with Crippen LogP contribution in [0.15, 0.2) is 59.4 Å². The number of hydrogen-bond donors (Lipinski definition) is 0. The van der Waals surface area contributed by atoms with Crippen molar-refractivity contribution >= 4 is 38.5 Å². The Morgan fingerprint density at radius 1 is 1.04 bits per heavy atom. The number of nitrogens with zero attached hydrogens (tertiary/aromatic N) is 3. The van der Waals surface area contributed by atoms with Crippen LogP contribution in [0, 0.1) is 6.92 Å². The second-order valence-electron chi connectivity index (χ2n) is 6.74. The van der Waals surface area contributed by atoms with Crippen molar-refractivity contribution in [2.45, 2.75) is 20.0 Å². The summed E-state index contributed by atoms with van der Waals surface area (Å²) in [6, 6.07) is 12.7. The summed E-state index contributed by atoms with van der Waals surface area (Å²) in [6.07, 6.45) is 6.35. The van der Waals surface area contributed by atoms with Gasteiger partial charge in [-0.05, 0) is 30.9 Å². The molecule has 0 saturated heterocycles. The minimum atomic E-state index is 0.252. The molecule has 5 rings (SSSR count). The molecule has 0 N–H and O–H groups in total. The molecule has 0 unspecified atom stereocenters. The number of rotatable bonds is 1. The molecule has 2 aromatic heterocycles. The third kappa shape index (κ3) is 1.91. The normalized spacial score (nSPS) is 17.5. The predicted octanol–water partition coefficient (Wildman–Crippen LogP) is 5.01. The van der Waals surface area contributed by atoms with Gasteiger partial charge in [-0.3, -0.25) is 0 Å². The molecule has 1 aliphatic rings. The van der Waals surface area contributed by atoms with Crippen molar-refractivity contribution in [2.24, 2.45) is 0 Å². The summed E-state index contributed by atoms with van der Waals surface area (Å²) < 4.78 is 6.26. The average Bonchev–Trinajstić information content (AvgIpc) is 3.16. The van der Waals surface area contributed by atoms with Crippen molar-refractivity contribution in [2.75, 3.05) is 11.9 Å². The van der Waals surface area contributed by atoms with E-state index in [2.05, 4.69) is 78.4 Å². The van der Waals surface area contributed by atoms with E-state index in [1.165, 1.54) is 10.9 Å². The number of fused-ring (bicyclic) bond motifs is 5. The number of pyridine rings is 1. The molecule has 0 amide bonds. The Hall–Kier alpha value is -3.01. The first-order chi connectivity index (χ1) is 12.1. The van der Waals surface area contributed by atoms with Gasteiger partial charge in [0.25, 0.3) is 0 Å². The molecule has 0 aliphatic carbocycles. The predicted molar refractivity (Wildman–Crippen MR) is 103 cm³/mol. The van der Waals surface area contributed by atoms with Crippen molar-refractivity contribution < 1.29 is 4.42 Å². The van der Waals surface area contributed by atoms with Crippen molar-refractivity contribution in [3.8, 4) is 0 Å². The Bertz CT molecular complexity index is 1160. The van der Waals surface area contributed by atoms with Crippen LogP contribution in [0.5, 0.6) is 0 Å². The number of aryl methyl sites for hydroxylation is 1. The molecule has 2 aromatic carbocycles. The average molecular weight is 329 g/mol. The Morgan fingerprint density at radius 2 is 1.88 bits per heavy atom. The van der Waals surface area contributed by atoms with E-state index >= 15 is 0 Å². The van der Waals surface area contributed by atoms with Crippen LogP contribution < -0.4 is 4.90 Å². The molecule has 4 nitrogen and oxygen atoms in total. The molecular formula is C21H19N3O. The van der Waals surface area contributed by atoms with Crippen LogP contribution in [0.1, 0.15) is 12.5 Å². The number of aromatic nitrogens is 1. The maximum Gasteiger partial charge on any atom is 0.228 e. The third-order valence-corrected chi connectivity index (χ3v) is 5.28. The number of furan rings is 1. The van der Waals surface area contributed by atoms with Gasteiger partial charge in [0.05, 0.1) is 11.1 Å². The van der Waals surface area contributed by atoms with E-state index in [1.54, 1.807) is 0 Å². The molecule has 4 heteroatoms. The Morgan fingerprint density at radius 3 is 2.68 bits per heavy atom. The van der Waals surface area contributed by atoms with E-state index in [0.717, 1.165) is 27.4 Å². The van der Waals surface area contributed by atoms with Gasteiger partial charge in [0.1, 0.15) is 6.17 Å². The van der Waals surface area contributed by atoms with Crippen molar-refractivity contribution in [3.63, 3.8) is 0 Å². The first kappa shape index (κ1) is 14.3.